The molecule has 3 aromatic heterocycles. The van der Waals surface area contributed by atoms with Crippen LogP contribution in [0, 0.1) is 0 Å². The summed E-state index contributed by atoms with van der Waals surface area (Å²) in [4.78, 5) is 14.1. The second-order valence-corrected chi connectivity index (χ2v) is 8.48. The molecule has 0 saturated carbocycles. The van der Waals surface area contributed by atoms with E-state index in [0.29, 0.717) is 0 Å². The summed E-state index contributed by atoms with van der Waals surface area (Å²) in [6, 6.07) is 33.9. The van der Waals surface area contributed by atoms with Crippen LogP contribution < -0.4 is 0 Å². The van der Waals surface area contributed by atoms with Crippen LogP contribution in [-0.2, 0) is 0 Å². The number of hydrogen-bond donors (Lipinski definition) is 0. The van der Waals surface area contributed by atoms with E-state index in [0.717, 1.165) is 28.2 Å². The summed E-state index contributed by atoms with van der Waals surface area (Å²) in [5, 5.41) is 7.64. The van der Waals surface area contributed by atoms with E-state index in [-0.39, 0.29) is 0 Å². The first-order valence-electron chi connectivity index (χ1n) is 11.4. The topological polar surface area (TPSA) is 38.7 Å². The van der Waals surface area contributed by atoms with Crippen LogP contribution in [0.25, 0.3) is 66.1 Å². The standard InChI is InChI=1S/C31H19N3/c1-3-17-32-26(8-1)30-25(16-19-34-31(30)27-9-2-4-18-33-27)23-14-12-22-11-10-20-6-5-7-21-13-15-24(23)29(22)28(20)21/h1-19H. The third-order valence-corrected chi connectivity index (χ3v) is 6.60. The molecule has 0 saturated heterocycles. The summed E-state index contributed by atoms with van der Waals surface area (Å²) in [6.45, 7) is 0. The third-order valence-electron chi connectivity index (χ3n) is 6.60. The molecule has 0 radical (unpaired) electrons. The largest absolute Gasteiger partial charge is 0.256 e. The van der Waals surface area contributed by atoms with E-state index in [1.165, 1.54) is 37.9 Å². The minimum absolute atomic E-state index is 0.836. The lowest BCUT2D eigenvalue weighted by molar-refractivity contribution is 1.23. The zero-order valence-electron chi connectivity index (χ0n) is 18.3. The van der Waals surface area contributed by atoms with Gasteiger partial charge in [-0.25, -0.2) is 0 Å². The van der Waals surface area contributed by atoms with Crippen LogP contribution in [0.2, 0.25) is 0 Å². The Morgan fingerprint density at radius 2 is 1.09 bits per heavy atom. The second kappa shape index (κ2) is 7.46. The van der Waals surface area contributed by atoms with Crippen LogP contribution >= 0.6 is 0 Å². The molecule has 0 unspecified atom stereocenters. The Morgan fingerprint density at radius 3 is 1.82 bits per heavy atom. The molecule has 7 aromatic rings. The zero-order chi connectivity index (χ0) is 22.5. The molecule has 3 heterocycles. The predicted molar refractivity (Wildman–Crippen MR) is 140 cm³/mol. The zero-order valence-corrected chi connectivity index (χ0v) is 18.3. The van der Waals surface area contributed by atoms with Gasteiger partial charge >= 0.3 is 0 Å². The van der Waals surface area contributed by atoms with Crippen molar-refractivity contribution in [3.05, 3.63) is 116 Å². The van der Waals surface area contributed by atoms with E-state index in [9.17, 15) is 0 Å². The summed E-state index contributed by atoms with van der Waals surface area (Å²) in [6.07, 6.45) is 5.52. The molecule has 3 heteroatoms. The first-order chi connectivity index (χ1) is 16.9. The Hall–Kier alpha value is -4.63. The molecule has 0 aliphatic rings. The van der Waals surface area contributed by atoms with Gasteiger partial charge in [-0.3, -0.25) is 15.0 Å². The number of benzene rings is 4. The van der Waals surface area contributed by atoms with E-state index < -0.39 is 0 Å². The summed E-state index contributed by atoms with van der Waals surface area (Å²) < 4.78 is 0. The Labute approximate surface area is 196 Å². The molecule has 158 valence electrons. The first-order valence-corrected chi connectivity index (χ1v) is 11.4. The van der Waals surface area contributed by atoms with Gasteiger partial charge in [0.1, 0.15) is 0 Å². The average Bonchev–Trinajstić information content (AvgIpc) is 2.92. The van der Waals surface area contributed by atoms with Crippen molar-refractivity contribution in [2.45, 2.75) is 0 Å². The summed E-state index contributed by atoms with van der Waals surface area (Å²) in [7, 11) is 0. The SMILES string of the molecule is c1ccc(-c2nccc(-c3ccc4ccc5cccc6ccc3c4c56)c2-c2ccccn2)nc1. The average molecular weight is 434 g/mol. The molecule has 0 aliphatic heterocycles. The number of pyridine rings is 3. The van der Waals surface area contributed by atoms with Gasteiger partial charge in [0.05, 0.1) is 17.1 Å². The third kappa shape index (κ3) is 2.81. The molecule has 0 spiro atoms. The van der Waals surface area contributed by atoms with Crippen molar-refractivity contribution in [2.24, 2.45) is 0 Å². The molecule has 0 amide bonds. The van der Waals surface area contributed by atoms with E-state index in [1.807, 2.05) is 55.0 Å². The minimum atomic E-state index is 0.836. The summed E-state index contributed by atoms with van der Waals surface area (Å²) in [5.74, 6) is 0. The van der Waals surface area contributed by atoms with Gasteiger partial charge in [-0.15, -0.1) is 0 Å². The Balaban J connectivity index is 1.61. The van der Waals surface area contributed by atoms with Crippen molar-refractivity contribution < 1.29 is 0 Å². The molecular formula is C31H19N3. The molecule has 0 fully saturated rings. The lowest BCUT2D eigenvalue weighted by atomic mass is 9.87. The fourth-order valence-electron chi connectivity index (χ4n) is 5.12. The van der Waals surface area contributed by atoms with Gasteiger partial charge in [-0.1, -0.05) is 66.7 Å². The summed E-state index contributed by atoms with van der Waals surface area (Å²) in [5.41, 5.74) is 5.83. The monoisotopic (exact) mass is 433 g/mol. The van der Waals surface area contributed by atoms with E-state index in [2.05, 4.69) is 65.6 Å². The van der Waals surface area contributed by atoms with Crippen LogP contribution in [0.4, 0.5) is 0 Å². The number of rotatable bonds is 3. The highest BCUT2D eigenvalue weighted by Gasteiger charge is 2.19. The van der Waals surface area contributed by atoms with E-state index in [1.54, 1.807) is 0 Å². The molecule has 0 bridgehead atoms. The van der Waals surface area contributed by atoms with Crippen LogP contribution in [0.5, 0.6) is 0 Å². The van der Waals surface area contributed by atoms with Crippen molar-refractivity contribution in [3.8, 4) is 33.8 Å². The molecule has 34 heavy (non-hydrogen) atoms. The lowest BCUT2D eigenvalue weighted by Crippen LogP contribution is -1.97. The van der Waals surface area contributed by atoms with E-state index >= 15 is 0 Å². The van der Waals surface area contributed by atoms with Gasteiger partial charge in [0, 0.05) is 24.2 Å². The van der Waals surface area contributed by atoms with Gasteiger partial charge < -0.3 is 0 Å². The van der Waals surface area contributed by atoms with Crippen molar-refractivity contribution >= 4 is 32.3 Å². The maximum Gasteiger partial charge on any atom is 0.0986 e. The quantitative estimate of drug-likeness (QED) is 0.267. The molecular weight excluding hydrogens is 414 g/mol. The van der Waals surface area contributed by atoms with Gasteiger partial charge in [0.2, 0.25) is 0 Å². The smallest absolute Gasteiger partial charge is 0.0986 e. The minimum Gasteiger partial charge on any atom is -0.256 e. The Bertz CT molecular complexity index is 1780. The van der Waals surface area contributed by atoms with Crippen molar-refractivity contribution in [2.75, 3.05) is 0 Å². The Morgan fingerprint density at radius 1 is 0.412 bits per heavy atom. The van der Waals surface area contributed by atoms with Crippen LogP contribution in [0.3, 0.4) is 0 Å². The van der Waals surface area contributed by atoms with Crippen molar-refractivity contribution in [1.82, 2.24) is 15.0 Å². The van der Waals surface area contributed by atoms with Crippen molar-refractivity contribution in [3.63, 3.8) is 0 Å². The molecule has 4 aromatic carbocycles. The Kier molecular flexibility index (Phi) is 4.15. The maximum atomic E-state index is 4.77. The number of aromatic nitrogens is 3. The van der Waals surface area contributed by atoms with Gasteiger partial charge in [0.25, 0.3) is 0 Å². The highest BCUT2D eigenvalue weighted by atomic mass is 14.8. The lowest BCUT2D eigenvalue weighted by Gasteiger charge is -2.17. The van der Waals surface area contributed by atoms with E-state index in [4.69, 9.17) is 9.97 Å². The van der Waals surface area contributed by atoms with Gasteiger partial charge in [-0.05, 0) is 73.8 Å². The van der Waals surface area contributed by atoms with Crippen LogP contribution in [-0.4, -0.2) is 15.0 Å². The fourth-order valence-corrected chi connectivity index (χ4v) is 5.12. The highest BCUT2D eigenvalue weighted by Crippen LogP contribution is 2.43. The van der Waals surface area contributed by atoms with Gasteiger partial charge in [-0.2, -0.15) is 0 Å². The molecule has 0 N–H and O–H groups in total. The predicted octanol–water partition coefficient (Wildman–Crippen LogP) is 7.77. The number of nitrogens with zero attached hydrogens (tertiary/aromatic N) is 3. The van der Waals surface area contributed by atoms with Gasteiger partial charge in [0.15, 0.2) is 0 Å². The van der Waals surface area contributed by atoms with Crippen molar-refractivity contribution in [1.29, 1.82) is 0 Å². The molecule has 0 atom stereocenters. The highest BCUT2D eigenvalue weighted by molar-refractivity contribution is 6.25. The first kappa shape index (κ1) is 18.9. The molecule has 3 nitrogen and oxygen atoms in total. The normalized spacial score (nSPS) is 11.5. The summed E-state index contributed by atoms with van der Waals surface area (Å²) >= 11 is 0. The van der Waals surface area contributed by atoms with Crippen LogP contribution in [0.15, 0.2) is 116 Å². The molecule has 7 rings (SSSR count). The number of hydrogen-bond acceptors (Lipinski definition) is 3. The van der Waals surface area contributed by atoms with Crippen LogP contribution in [0.1, 0.15) is 0 Å². The maximum absolute atomic E-state index is 4.77. The molecule has 0 aliphatic carbocycles. The second-order valence-electron chi connectivity index (χ2n) is 8.48. The fraction of sp³-hybridized carbons (Fsp3) is 0.